The summed E-state index contributed by atoms with van der Waals surface area (Å²) in [7, 11) is 0. The summed E-state index contributed by atoms with van der Waals surface area (Å²) in [6.07, 6.45) is 22.5. The molecule has 0 heterocycles. The fourth-order valence-corrected chi connectivity index (χ4v) is 6.26. The third-order valence-electron chi connectivity index (χ3n) is 9.70. The van der Waals surface area contributed by atoms with Gasteiger partial charge in [-0.3, -0.25) is 14.4 Å². The van der Waals surface area contributed by atoms with Crippen LogP contribution in [0.2, 0.25) is 0 Å². The van der Waals surface area contributed by atoms with E-state index in [1.165, 1.54) is 38.5 Å². The largest absolute Gasteiger partial charge is 0.466 e. The molecule has 0 amide bonds. The first-order valence-corrected chi connectivity index (χ1v) is 21.9. The average molecular weight is 758 g/mol. The lowest BCUT2D eigenvalue weighted by atomic mass is 9.95. The first kappa shape index (κ1) is 51.2. The van der Waals surface area contributed by atoms with Crippen molar-refractivity contribution in [2.75, 3.05) is 72.5 Å². The zero-order chi connectivity index (χ0) is 39.0. The number of aliphatic hydroxyl groups is 1. The number of carbonyl (C=O) groups excluding carboxylic acids is 3. The maximum absolute atomic E-state index is 12.6. The molecule has 10 heteroatoms. The fourth-order valence-electron chi connectivity index (χ4n) is 6.26. The highest BCUT2D eigenvalue weighted by Gasteiger charge is 2.20. The van der Waals surface area contributed by atoms with Crippen LogP contribution in [0.3, 0.4) is 0 Å². The Hall–Kier alpha value is -1.75. The molecule has 314 valence electrons. The van der Waals surface area contributed by atoms with Crippen molar-refractivity contribution in [2.45, 2.75) is 175 Å². The quantitative estimate of drug-likeness (QED) is 0.0367. The van der Waals surface area contributed by atoms with Gasteiger partial charge in [-0.1, -0.05) is 105 Å². The van der Waals surface area contributed by atoms with Crippen LogP contribution in [0.5, 0.6) is 0 Å². The molecule has 0 aliphatic rings. The molecule has 0 bridgehead atoms. The van der Waals surface area contributed by atoms with Crippen LogP contribution < -0.4 is 0 Å². The first-order chi connectivity index (χ1) is 25.9. The van der Waals surface area contributed by atoms with Crippen LogP contribution in [-0.2, 0) is 38.1 Å². The molecule has 2 unspecified atom stereocenters. The average Bonchev–Trinajstić information content (AvgIpc) is 3.16. The topological polar surface area (TPSA) is 121 Å². The van der Waals surface area contributed by atoms with Gasteiger partial charge in [0.15, 0.2) is 0 Å². The summed E-state index contributed by atoms with van der Waals surface area (Å²) in [4.78, 5) is 39.9. The number of esters is 3. The van der Waals surface area contributed by atoms with Crippen LogP contribution in [0.4, 0.5) is 0 Å². The number of unbranched alkanes of at least 4 members (excludes halogenated alkanes) is 11. The summed E-state index contributed by atoms with van der Waals surface area (Å²) >= 11 is 0. The van der Waals surface area contributed by atoms with Gasteiger partial charge in [0.1, 0.15) is 0 Å². The van der Waals surface area contributed by atoms with Crippen LogP contribution >= 0.6 is 0 Å². The molecule has 10 nitrogen and oxygen atoms in total. The minimum absolute atomic E-state index is 0.0150. The third kappa shape index (κ3) is 33.3. The Balaban J connectivity index is 4.21. The van der Waals surface area contributed by atoms with Crippen LogP contribution in [0.15, 0.2) is 0 Å². The Bertz CT molecular complexity index is 828. The highest BCUT2D eigenvalue weighted by atomic mass is 16.5. The lowest BCUT2D eigenvalue weighted by Crippen LogP contribution is -2.32. The van der Waals surface area contributed by atoms with Gasteiger partial charge in [0.2, 0.25) is 0 Å². The predicted molar refractivity (Wildman–Crippen MR) is 214 cm³/mol. The van der Waals surface area contributed by atoms with E-state index in [2.05, 4.69) is 32.6 Å². The molecular weight excluding hydrogens is 674 g/mol. The molecule has 0 aromatic carbocycles. The second-order valence-corrected chi connectivity index (χ2v) is 14.6. The fraction of sp³-hybridized carbons (Fsp3) is 0.930. The monoisotopic (exact) mass is 758 g/mol. The highest BCUT2D eigenvalue weighted by molar-refractivity contribution is 5.72. The Morgan fingerprint density at radius 2 is 0.906 bits per heavy atom. The zero-order valence-electron chi connectivity index (χ0n) is 34.9. The summed E-state index contributed by atoms with van der Waals surface area (Å²) in [5.41, 5.74) is 0. The van der Waals surface area contributed by atoms with E-state index in [4.69, 9.17) is 28.8 Å². The van der Waals surface area contributed by atoms with Gasteiger partial charge in [-0.2, -0.15) is 0 Å². The minimum atomic E-state index is -0.218. The third-order valence-corrected chi connectivity index (χ3v) is 9.70. The molecule has 0 aromatic heterocycles. The molecule has 0 rings (SSSR count). The van der Waals surface area contributed by atoms with Crippen molar-refractivity contribution < 1.29 is 43.2 Å². The molecule has 53 heavy (non-hydrogen) atoms. The second-order valence-electron chi connectivity index (χ2n) is 14.6. The molecule has 0 aliphatic carbocycles. The van der Waals surface area contributed by atoms with Gasteiger partial charge in [0, 0.05) is 32.8 Å². The maximum Gasteiger partial charge on any atom is 0.308 e. The summed E-state index contributed by atoms with van der Waals surface area (Å²) in [6, 6.07) is 0. The first-order valence-electron chi connectivity index (χ1n) is 21.9. The number of hydrogen-bond donors (Lipinski definition) is 1. The smallest absolute Gasteiger partial charge is 0.308 e. The van der Waals surface area contributed by atoms with E-state index in [-0.39, 0.29) is 36.4 Å². The number of carbonyl (C=O) groups is 3. The Morgan fingerprint density at radius 1 is 0.453 bits per heavy atom. The zero-order valence-corrected chi connectivity index (χ0v) is 34.9. The van der Waals surface area contributed by atoms with E-state index < -0.39 is 0 Å². The molecular formula is C43H83NO9. The van der Waals surface area contributed by atoms with Crippen LogP contribution in [0, 0.1) is 11.8 Å². The lowest BCUT2D eigenvalue weighted by molar-refractivity contribution is -0.150. The molecule has 0 saturated heterocycles. The standard InChI is InChI=1S/C43H83NO9/c1-5-9-13-16-25-39(23-11-7-3)42(47)52-35-19-15-18-34-51-41(46)27-29-44(30-37-50-38-31-45)28-22-33-49-32-20-21-36-53-43(48)40(24-12-8-4)26-17-14-10-6-2/h39-40,45H,5-38H2,1-4H3. The van der Waals surface area contributed by atoms with Gasteiger partial charge in [0.25, 0.3) is 0 Å². The van der Waals surface area contributed by atoms with Crippen molar-refractivity contribution in [2.24, 2.45) is 11.8 Å². The van der Waals surface area contributed by atoms with Crippen LogP contribution in [0.1, 0.15) is 175 Å². The summed E-state index contributed by atoms with van der Waals surface area (Å²) in [5, 5.41) is 9.02. The summed E-state index contributed by atoms with van der Waals surface area (Å²) < 4.78 is 28.0. The minimum Gasteiger partial charge on any atom is -0.466 e. The molecule has 2 atom stereocenters. The van der Waals surface area contributed by atoms with Crippen molar-refractivity contribution >= 4 is 17.9 Å². The van der Waals surface area contributed by atoms with Crippen molar-refractivity contribution in [3.63, 3.8) is 0 Å². The normalized spacial score (nSPS) is 12.6. The molecule has 0 aromatic rings. The number of rotatable bonds is 41. The van der Waals surface area contributed by atoms with Crippen molar-refractivity contribution in [3.8, 4) is 0 Å². The Morgan fingerprint density at radius 3 is 1.45 bits per heavy atom. The Kier molecular flexibility index (Phi) is 38.6. The molecule has 1 N–H and O–H groups in total. The van der Waals surface area contributed by atoms with Gasteiger partial charge >= 0.3 is 17.9 Å². The number of aliphatic hydroxyl groups excluding tert-OH is 1. The van der Waals surface area contributed by atoms with E-state index in [1.807, 2.05) is 0 Å². The van der Waals surface area contributed by atoms with Gasteiger partial charge in [0.05, 0.1) is 57.9 Å². The van der Waals surface area contributed by atoms with E-state index in [0.717, 1.165) is 109 Å². The van der Waals surface area contributed by atoms with Gasteiger partial charge in [-0.05, 0) is 64.2 Å². The lowest BCUT2D eigenvalue weighted by Gasteiger charge is -2.22. The highest BCUT2D eigenvalue weighted by Crippen LogP contribution is 2.20. The van der Waals surface area contributed by atoms with E-state index >= 15 is 0 Å². The molecule has 0 fully saturated rings. The Labute approximate surface area is 325 Å². The summed E-state index contributed by atoms with van der Waals surface area (Å²) in [6.45, 7) is 14.0. The number of nitrogens with zero attached hydrogens (tertiary/aromatic N) is 1. The van der Waals surface area contributed by atoms with Crippen LogP contribution in [0.25, 0.3) is 0 Å². The van der Waals surface area contributed by atoms with Crippen LogP contribution in [-0.4, -0.2) is 100 Å². The second kappa shape index (κ2) is 39.9. The van der Waals surface area contributed by atoms with Crippen molar-refractivity contribution in [1.82, 2.24) is 4.90 Å². The van der Waals surface area contributed by atoms with Gasteiger partial charge < -0.3 is 33.7 Å². The van der Waals surface area contributed by atoms with E-state index in [0.29, 0.717) is 65.8 Å². The van der Waals surface area contributed by atoms with Gasteiger partial charge in [-0.15, -0.1) is 0 Å². The van der Waals surface area contributed by atoms with Gasteiger partial charge in [-0.25, -0.2) is 0 Å². The predicted octanol–water partition coefficient (Wildman–Crippen LogP) is 9.23. The number of hydrogen-bond acceptors (Lipinski definition) is 10. The number of ether oxygens (including phenoxy) is 5. The van der Waals surface area contributed by atoms with Crippen molar-refractivity contribution in [3.05, 3.63) is 0 Å². The molecule has 0 saturated carbocycles. The molecule has 0 aliphatic heterocycles. The van der Waals surface area contributed by atoms with E-state index in [1.54, 1.807) is 0 Å². The summed E-state index contributed by atoms with van der Waals surface area (Å²) in [5.74, 6) is -0.239. The van der Waals surface area contributed by atoms with Crippen molar-refractivity contribution in [1.29, 1.82) is 0 Å². The molecule has 0 radical (unpaired) electrons. The maximum atomic E-state index is 12.6. The SMILES string of the molecule is CCCCCCC(CCCC)C(=O)OCCCCCOC(=O)CCN(CCCOCCCCOC(=O)C(CCCC)CCCCCC)CCOCCO. The van der Waals surface area contributed by atoms with E-state index in [9.17, 15) is 14.4 Å². The molecule has 0 spiro atoms.